The van der Waals surface area contributed by atoms with Gasteiger partial charge in [0.2, 0.25) is 0 Å². The summed E-state index contributed by atoms with van der Waals surface area (Å²) in [5, 5.41) is 0. The summed E-state index contributed by atoms with van der Waals surface area (Å²) in [6.07, 6.45) is 2.79. The van der Waals surface area contributed by atoms with Crippen LogP contribution in [0.3, 0.4) is 0 Å². The Kier molecular flexibility index (Phi) is 3.61. The van der Waals surface area contributed by atoms with Crippen LogP contribution in [-0.4, -0.2) is 7.11 Å². The van der Waals surface area contributed by atoms with Gasteiger partial charge in [-0.2, -0.15) is 0 Å². The highest BCUT2D eigenvalue weighted by Gasteiger charge is 2.05. The number of hydrogen-bond acceptors (Lipinski definition) is 1. The van der Waals surface area contributed by atoms with E-state index >= 15 is 0 Å². The van der Waals surface area contributed by atoms with Crippen LogP contribution in [0.15, 0.2) is 61.2 Å². The van der Waals surface area contributed by atoms with Gasteiger partial charge in [0.05, 0.1) is 7.11 Å². The molecular formula is C16H16O. The normalized spacial score (nSPS) is 9.94. The van der Waals surface area contributed by atoms with E-state index in [1.165, 1.54) is 16.7 Å². The van der Waals surface area contributed by atoms with E-state index in [0.29, 0.717) is 0 Å². The lowest BCUT2D eigenvalue weighted by atomic mass is 9.97. The Bertz CT molecular complexity index is 500. The fourth-order valence-electron chi connectivity index (χ4n) is 1.90. The van der Waals surface area contributed by atoms with E-state index in [1.54, 1.807) is 7.11 Å². The number of methoxy groups -OCH3 is 1. The van der Waals surface area contributed by atoms with Crippen LogP contribution in [0, 0.1) is 0 Å². The first-order valence-electron chi connectivity index (χ1n) is 5.68. The van der Waals surface area contributed by atoms with Crippen molar-refractivity contribution in [3.8, 4) is 16.9 Å². The minimum atomic E-state index is 0.869. The van der Waals surface area contributed by atoms with E-state index in [2.05, 4.69) is 30.8 Å². The maximum absolute atomic E-state index is 5.28. The molecule has 2 rings (SSSR count). The fraction of sp³-hybridized carbons (Fsp3) is 0.125. The topological polar surface area (TPSA) is 9.23 Å². The smallest absolute Gasteiger partial charge is 0.119 e. The molecule has 1 nitrogen and oxygen atoms in total. The van der Waals surface area contributed by atoms with Gasteiger partial charge in [0, 0.05) is 0 Å². The Morgan fingerprint density at radius 2 is 1.88 bits per heavy atom. The summed E-state index contributed by atoms with van der Waals surface area (Å²) in [6.45, 7) is 3.80. The maximum atomic E-state index is 5.28. The maximum Gasteiger partial charge on any atom is 0.119 e. The largest absolute Gasteiger partial charge is 0.497 e. The Balaban J connectivity index is 2.52. The lowest BCUT2D eigenvalue weighted by Crippen LogP contribution is -1.90. The molecule has 0 spiro atoms. The van der Waals surface area contributed by atoms with Crippen molar-refractivity contribution < 1.29 is 4.74 Å². The zero-order chi connectivity index (χ0) is 12.1. The van der Waals surface area contributed by atoms with Gasteiger partial charge in [-0.15, -0.1) is 6.58 Å². The van der Waals surface area contributed by atoms with E-state index in [4.69, 9.17) is 4.74 Å². The first-order chi connectivity index (χ1) is 8.35. The number of allylic oxidation sites excluding steroid dienone is 1. The summed E-state index contributed by atoms with van der Waals surface area (Å²) < 4.78 is 5.28. The predicted molar refractivity (Wildman–Crippen MR) is 72.3 cm³/mol. The summed E-state index contributed by atoms with van der Waals surface area (Å²) in [7, 11) is 1.69. The lowest BCUT2D eigenvalue weighted by molar-refractivity contribution is 0.415. The van der Waals surface area contributed by atoms with Crippen molar-refractivity contribution in [2.45, 2.75) is 6.42 Å². The van der Waals surface area contributed by atoms with Crippen molar-refractivity contribution >= 4 is 0 Å². The Labute approximate surface area is 102 Å². The molecule has 86 valence electrons. The SMILES string of the molecule is C=CCc1ccc(OC)cc1-c1ccccc1. The predicted octanol–water partition coefficient (Wildman–Crippen LogP) is 4.09. The van der Waals surface area contributed by atoms with Crippen LogP contribution in [0.4, 0.5) is 0 Å². The van der Waals surface area contributed by atoms with Crippen molar-refractivity contribution in [3.05, 3.63) is 66.7 Å². The van der Waals surface area contributed by atoms with Crippen molar-refractivity contribution in [2.24, 2.45) is 0 Å². The second-order valence-electron chi connectivity index (χ2n) is 3.88. The summed E-state index contributed by atoms with van der Waals surface area (Å²) in [5.74, 6) is 0.886. The Hall–Kier alpha value is -2.02. The van der Waals surface area contributed by atoms with Crippen LogP contribution in [0.5, 0.6) is 5.75 Å². The average molecular weight is 224 g/mol. The molecule has 0 aromatic heterocycles. The first kappa shape index (κ1) is 11.5. The second kappa shape index (κ2) is 5.35. The average Bonchev–Trinajstić information content (AvgIpc) is 2.40. The highest BCUT2D eigenvalue weighted by Crippen LogP contribution is 2.28. The number of benzene rings is 2. The van der Waals surface area contributed by atoms with Gasteiger partial charge in [-0.3, -0.25) is 0 Å². The quantitative estimate of drug-likeness (QED) is 0.711. The van der Waals surface area contributed by atoms with Crippen LogP contribution in [0.2, 0.25) is 0 Å². The third-order valence-electron chi connectivity index (χ3n) is 2.77. The first-order valence-corrected chi connectivity index (χ1v) is 5.68. The minimum Gasteiger partial charge on any atom is -0.497 e. The third-order valence-corrected chi connectivity index (χ3v) is 2.77. The van der Waals surface area contributed by atoms with Crippen molar-refractivity contribution in [2.75, 3.05) is 7.11 Å². The zero-order valence-electron chi connectivity index (χ0n) is 10.0. The van der Waals surface area contributed by atoms with Gasteiger partial charge >= 0.3 is 0 Å². The van der Waals surface area contributed by atoms with Gasteiger partial charge in [-0.25, -0.2) is 0 Å². The summed E-state index contributed by atoms with van der Waals surface area (Å²) >= 11 is 0. The Morgan fingerprint density at radius 1 is 1.12 bits per heavy atom. The van der Waals surface area contributed by atoms with Gasteiger partial charge in [-0.05, 0) is 35.2 Å². The van der Waals surface area contributed by atoms with Crippen LogP contribution < -0.4 is 4.74 Å². The number of rotatable bonds is 4. The molecule has 0 saturated carbocycles. The molecule has 0 saturated heterocycles. The van der Waals surface area contributed by atoms with Crippen LogP contribution in [0.1, 0.15) is 5.56 Å². The van der Waals surface area contributed by atoms with E-state index in [-0.39, 0.29) is 0 Å². The summed E-state index contributed by atoms with van der Waals surface area (Å²) in [6, 6.07) is 16.5. The molecule has 0 amide bonds. The van der Waals surface area contributed by atoms with E-state index in [1.807, 2.05) is 30.3 Å². The van der Waals surface area contributed by atoms with Crippen LogP contribution in [0.25, 0.3) is 11.1 Å². The lowest BCUT2D eigenvalue weighted by Gasteiger charge is -2.10. The van der Waals surface area contributed by atoms with Gasteiger partial charge in [0.15, 0.2) is 0 Å². The Morgan fingerprint density at radius 3 is 2.53 bits per heavy atom. The molecule has 17 heavy (non-hydrogen) atoms. The molecule has 1 heteroatoms. The second-order valence-corrected chi connectivity index (χ2v) is 3.88. The zero-order valence-corrected chi connectivity index (χ0v) is 10.0. The van der Waals surface area contributed by atoms with Gasteiger partial charge in [0.1, 0.15) is 5.75 Å². The van der Waals surface area contributed by atoms with Crippen LogP contribution >= 0.6 is 0 Å². The molecule has 0 aliphatic heterocycles. The highest BCUT2D eigenvalue weighted by molar-refractivity contribution is 5.69. The molecule has 0 N–H and O–H groups in total. The molecular weight excluding hydrogens is 208 g/mol. The number of ether oxygens (including phenoxy) is 1. The standard InChI is InChI=1S/C16H16O/c1-3-7-13-10-11-15(17-2)12-16(13)14-8-5-4-6-9-14/h3-6,8-12H,1,7H2,2H3. The van der Waals surface area contributed by atoms with Gasteiger partial charge in [-0.1, -0.05) is 42.5 Å². The molecule has 0 atom stereocenters. The summed E-state index contributed by atoms with van der Waals surface area (Å²) in [5.41, 5.74) is 3.69. The van der Waals surface area contributed by atoms with E-state index in [9.17, 15) is 0 Å². The van der Waals surface area contributed by atoms with Crippen molar-refractivity contribution in [3.63, 3.8) is 0 Å². The molecule has 0 aliphatic carbocycles. The third kappa shape index (κ3) is 2.56. The molecule has 0 fully saturated rings. The molecule has 0 unspecified atom stereocenters. The fourth-order valence-corrected chi connectivity index (χ4v) is 1.90. The van der Waals surface area contributed by atoms with E-state index in [0.717, 1.165) is 12.2 Å². The van der Waals surface area contributed by atoms with E-state index < -0.39 is 0 Å². The molecule has 0 aliphatic rings. The van der Waals surface area contributed by atoms with Gasteiger partial charge < -0.3 is 4.74 Å². The molecule has 0 radical (unpaired) electrons. The summed E-state index contributed by atoms with van der Waals surface area (Å²) in [4.78, 5) is 0. The number of hydrogen-bond donors (Lipinski definition) is 0. The van der Waals surface area contributed by atoms with Crippen molar-refractivity contribution in [1.82, 2.24) is 0 Å². The molecule has 2 aromatic rings. The highest BCUT2D eigenvalue weighted by atomic mass is 16.5. The van der Waals surface area contributed by atoms with Crippen molar-refractivity contribution in [1.29, 1.82) is 0 Å². The molecule has 2 aromatic carbocycles. The monoisotopic (exact) mass is 224 g/mol. The van der Waals surface area contributed by atoms with Crippen LogP contribution in [-0.2, 0) is 6.42 Å². The van der Waals surface area contributed by atoms with Gasteiger partial charge in [0.25, 0.3) is 0 Å². The molecule has 0 bridgehead atoms. The molecule has 0 heterocycles. The minimum absolute atomic E-state index is 0.869.